The second-order valence-corrected chi connectivity index (χ2v) is 11.2. The van der Waals surface area contributed by atoms with E-state index in [1.54, 1.807) is 0 Å². The summed E-state index contributed by atoms with van der Waals surface area (Å²) >= 11 is 0. The third kappa shape index (κ3) is 5.33. The molecule has 1 amide bonds. The van der Waals surface area contributed by atoms with Crippen molar-refractivity contribution in [2.24, 2.45) is 5.92 Å². The van der Waals surface area contributed by atoms with Crippen molar-refractivity contribution in [1.82, 2.24) is 5.32 Å². The molecule has 0 spiro atoms. The molecule has 4 nitrogen and oxygen atoms in total. The Morgan fingerprint density at radius 2 is 1.35 bits per heavy atom. The van der Waals surface area contributed by atoms with E-state index in [4.69, 9.17) is 4.74 Å². The van der Waals surface area contributed by atoms with E-state index in [9.17, 15) is 4.79 Å². The summed E-state index contributed by atoms with van der Waals surface area (Å²) < 4.78 is 7.27. The molecule has 2 heterocycles. The molecule has 0 unspecified atom stereocenters. The molecule has 1 aliphatic carbocycles. The van der Waals surface area contributed by atoms with Gasteiger partial charge in [0.15, 0.2) is 0 Å². The zero-order chi connectivity index (χ0) is 23.4. The van der Waals surface area contributed by atoms with Crippen LogP contribution in [0.5, 0.6) is 11.5 Å². The summed E-state index contributed by atoms with van der Waals surface area (Å²) in [6, 6.07) is 16.2. The number of quaternary nitrogens is 1. The smallest absolute Gasteiger partial charge is 0.232 e. The number of para-hydroxylation sites is 2. The van der Waals surface area contributed by atoms with Gasteiger partial charge in [0, 0.05) is 35.9 Å². The normalized spacial score (nSPS) is 26.2. The van der Waals surface area contributed by atoms with Crippen LogP contribution in [-0.4, -0.2) is 43.1 Å². The topological polar surface area (TPSA) is 38.3 Å². The van der Waals surface area contributed by atoms with Crippen LogP contribution in [-0.2, 0) is 4.79 Å². The second kappa shape index (κ2) is 10.5. The number of nitrogens with one attached hydrogen (secondary N) is 1. The van der Waals surface area contributed by atoms with Crippen LogP contribution in [0.25, 0.3) is 0 Å². The Labute approximate surface area is 205 Å². The number of hydrogen-bond acceptors (Lipinski definition) is 2. The Kier molecular flexibility index (Phi) is 7.24. The van der Waals surface area contributed by atoms with Crippen molar-refractivity contribution < 1.29 is 14.0 Å². The quantitative estimate of drug-likeness (QED) is 0.535. The lowest BCUT2D eigenvalue weighted by Gasteiger charge is -2.43. The molecule has 0 radical (unpaired) electrons. The highest BCUT2D eigenvalue weighted by Gasteiger charge is 2.36. The molecule has 3 aliphatic rings. The lowest BCUT2D eigenvalue weighted by Crippen LogP contribution is -2.56. The van der Waals surface area contributed by atoms with Crippen molar-refractivity contribution in [3.05, 3.63) is 59.7 Å². The van der Waals surface area contributed by atoms with Crippen LogP contribution < -0.4 is 10.1 Å². The monoisotopic (exact) mass is 461 g/mol. The van der Waals surface area contributed by atoms with Crippen LogP contribution >= 0.6 is 0 Å². The molecule has 4 heteroatoms. The van der Waals surface area contributed by atoms with Gasteiger partial charge < -0.3 is 14.5 Å². The molecule has 1 saturated carbocycles. The van der Waals surface area contributed by atoms with Crippen molar-refractivity contribution in [2.75, 3.05) is 26.7 Å². The lowest BCUT2D eigenvalue weighted by molar-refractivity contribution is -0.917. The largest absolute Gasteiger partial charge is 0.457 e. The van der Waals surface area contributed by atoms with Crippen LogP contribution in [0, 0.1) is 5.92 Å². The maximum absolute atomic E-state index is 13.6. The van der Waals surface area contributed by atoms with Crippen molar-refractivity contribution in [3.63, 3.8) is 0 Å². The predicted octanol–water partition coefficient (Wildman–Crippen LogP) is 6.40. The number of benzene rings is 2. The Morgan fingerprint density at radius 3 is 1.94 bits per heavy atom. The fourth-order valence-corrected chi connectivity index (χ4v) is 6.52. The van der Waals surface area contributed by atoms with Crippen molar-refractivity contribution in [2.45, 2.75) is 76.2 Å². The molecule has 2 aliphatic heterocycles. The number of likely N-dealkylation sites (tertiary alicyclic amines) is 1. The fourth-order valence-electron chi connectivity index (χ4n) is 6.52. The van der Waals surface area contributed by atoms with Crippen LogP contribution in [0.4, 0.5) is 0 Å². The number of piperidine rings is 1. The van der Waals surface area contributed by atoms with Gasteiger partial charge in [0.2, 0.25) is 5.91 Å². The summed E-state index contributed by atoms with van der Waals surface area (Å²) in [5.41, 5.74) is 1.94. The summed E-state index contributed by atoms with van der Waals surface area (Å²) in [5, 5.41) is 3.43. The van der Waals surface area contributed by atoms with Crippen LogP contribution in [0.15, 0.2) is 48.5 Å². The Balaban J connectivity index is 1.21. The third-order valence-corrected chi connectivity index (χ3v) is 8.50. The number of fused-ring (bicyclic) bond motifs is 2. The molecule has 2 fully saturated rings. The predicted molar refractivity (Wildman–Crippen MR) is 137 cm³/mol. The van der Waals surface area contributed by atoms with Gasteiger partial charge in [0.25, 0.3) is 0 Å². The van der Waals surface area contributed by atoms with Gasteiger partial charge in [0.1, 0.15) is 11.5 Å². The van der Waals surface area contributed by atoms with Gasteiger partial charge in [-0.05, 0) is 25.0 Å². The first-order valence-corrected chi connectivity index (χ1v) is 13.6. The highest BCUT2D eigenvalue weighted by Crippen LogP contribution is 2.44. The summed E-state index contributed by atoms with van der Waals surface area (Å²) in [5.74, 6) is 2.28. The highest BCUT2D eigenvalue weighted by molar-refractivity contribution is 5.89. The summed E-state index contributed by atoms with van der Waals surface area (Å²) in [6.45, 7) is 3.66. The molecule has 0 aromatic heterocycles. The van der Waals surface area contributed by atoms with Crippen LogP contribution in [0.2, 0.25) is 0 Å². The second-order valence-electron chi connectivity index (χ2n) is 11.2. The molecular formula is C30H41N2O2+. The lowest BCUT2D eigenvalue weighted by atomic mass is 9.86. The van der Waals surface area contributed by atoms with E-state index in [-0.39, 0.29) is 17.9 Å². The Bertz CT molecular complexity index is 924. The average Bonchev–Trinajstić information content (AvgIpc) is 2.98. The molecular weight excluding hydrogens is 420 g/mol. The van der Waals surface area contributed by atoms with E-state index < -0.39 is 0 Å². The van der Waals surface area contributed by atoms with Crippen molar-refractivity contribution in [3.8, 4) is 11.5 Å². The first-order valence-electron chi connectivity index (χ1n) is 13.6. The number of rotatable bonds is 4. The van der Waals surface area contributed by atoms with Gasteiger partial charge in [-0.3, -0.25) is 4.79 Å². The zero-order valence-corrected chi connectivity index (χ0v) is 20.8. The molecule has 182 valence electrons. The number of ether oxygens (including phenoxy) is 1. The molecule has 5 rings (SSSR count). The molecule has 2 aromatic rings. The van der Waals surface area contributed by atoms with Gasteiger partial charge in [-0.1, -0.05) is 74.9 Å². The number of nitrogens with zero attached hydrogens (tertiary/aromatic N) is 1. The summed E-state index contributed by atoms with van der Waals surface area (Å²) in [7, 11) is 2.45. The summed E-state index contributed by atoms with van der Waals surface area (Å²) in [6.07, 6.45) is 13.5. The molecule has 2 aromatic carbocycles. The number of amides is 1. The minimum atomic E-state index is -0.303. The van der Waals surface area contributed by atoms with Crippen LogP contribution in [0.1, 0.15) is 81.3 Å². The Morgan fingerprint density at radius 1 is 0.824 bits per heavy atom. The van der Waals surface area contributed by atoms with Gasteiger partial charge >= 0.3 is 0 Å². The first-order chi connectivity index (χ1) is 16.6. The molecule has 1 N–H and O–H groups in total. The molecule has 0 atom stereocenters. The standard InChI is InChI=1S/C30H40N2O2/c1-32(22-23-12-6-4-2-3-5-7-13-23)20-18-24(19-21-32)31-30(33)29-25-14-8-10-16-27(25)34-28-17-11-9-15-26(28)29/h8-11,14-17,23-24,29H,2-7,12-13,18-22H2,1H3/p+1. The minimum Gasteiger partial charge on any atom is -0.457 e. The van der Waals surface area contributed by atoms with Crippen LogP contribution in [0.3, 0.4) is 0 Å². The van der Waals surface area contributed by atoms with Crippen molar-refractivity contribution in [1.29, 1.82) is 0 Å². The van der Waals surface area contributed by atoms with Gasteiger partial charge in [-0.15, -0.1) is 0 Å². The minimum absolute atomic E-state index is 0.112. The zero-order valence-electron chi connectivity index (χ0n) is 20.8. The van der Waals surface area contributed by atoms with Gasteiger partial charge in [-0.25, -0.2) is 0 Å². The van der Waals surface area contributed by atoms with Crippen molar-refractivity contribution >= 4 is 5.91 Å². The molecule has 34 heavy (non-hydrogen) atoms. The molecule has 0 bridgehead atoms. The highest BCUT2D eigenvalue weighted by atomic mass is 16.5. The van der Waals surface area contributed by atoms with Gasteiger partial charge in [-0.2, -0.15) is 0 Å². The summed E-state index contributed by atoms with van der Waals surface area (Å²) in [4.78, 5) is 13.6. The molecule has 1 saturated heterocycles. The van der Waals surface area contributed by atoms with Gasteiger partial charge in [0.05, 0.1) is 32.6 Å². The fraction of sp³-hybridized carbons (Fsp3) is 0.567. The maximum atomic E-state index is 13.6. The average molecular weight is 462 g/mol. The number of hydrogen-bond donors (Lipinski definition) is 1. The van der Waals surface area contributed by atoms with E-state index in [0.29, 0.717) is 0 Å². The Hall–Kier alpha value is -2.33. The van der Waals surface area contributed by atoms with E-state index in [2.05, 4.69) is 12.4 Å². The van der Waals surface area contributed by atoms with E-state index >= 15 is 0 Å². The SMILES string of the molecule is C[N+]1(CC2CCCCCCCC2)CCC(NC(=O)C2c3ccccc3Oc3ccccc32)CC1. The third-order valence-electron chi connectivity index (χ3n) is 8.50. The number of carbonyl (C=O) groups is 1. The number of carbonyl (C=O) groups excluding carboxylic acids is 1. The van der Waals surface area contributed by atoms with E-state index in [0.717, 1.165) is 41.4 Å². The van der Waals surface area contributed by atoms with E-state index in [1.165, 1.54) is 75.5 Å². The maximum Gasteiger partial charge on any atom is 0.232 e. The van der Waals surface area contributed by atoms with E-state index in [1.807, 2.05) is 48.5 Å². The first kappa shape index (κ1) is 23.4.